The molecule has 0 aliphatic heterocycles. The van der Waals surface area contributed by atoms with Gasteiger partial charge in [-0.25, -0.2) is 9.90 Å². The average molecular weight is 275 g/mol. The molecule has 1 radical (unpaired) electrons. The largest absolute Gasteiger partial charge is 0.480 e. The van der Waals surface area contributed by atoms with Crippen molar-refractivity contribution in [2.45, 2.75) is 18.9 Å². The third-order valence-electron chi connectivity index (χ3n) is 3.24. The number of carboxylic acids is 1. The minimum Gasteiger partial charge on any atom is -0.480 e. The number of carbonyl (C=O) groups excluding carboxylic acids is 1. The van der Waals surface area contributed by atoms with Crippen LogP contribution in [-0.4, -0.2) is 34.1 Å². The van der Waals surface area contributed by atoms with Crippen LogP contribution in [0.2, 0.25) is 0 Å². The van der Waals surface area contributed by atoms with E-state index < -0.39 is 24.0 Å². The molecule has 3 N–H and O–H groups in total. The number of carboxylic acid groups (broad SMARTS) is 1. The lowest BCUT2D eigenvalue weighted by atomic mass is 9.92. The zero-order valence-corrected chi connectivity index (χ0v) is 11.0. The number of aromatic nitrogens is 1. The second kappa shape index (κ2) is 5.34. The highest BCUT2D eigenvalue weighted by Gasteiger charge is 2.35. The van der Waals surface area contributed by atoms with E-state index in [1.54, 1.807) is 6.20 Å². The van der Waals surface area contributed by atoms with Gasteiger partial charge in [-0.3, -0.25) is 4.79 Å². The summed E-state index contributed by atoms with van der Waals surface area (Å²) in [7, 11) is 0. The smallest absolute Gasteiger partial charge is 0.329 e. The Balaban J connectivity index is 2.33. The second-order valence-corrected chi connectivity index (χ2v) is 4.87. The molecule has 1 aromatic heterocycles. The van der Waals surface area contributed by atoms with Crippen LogP contribution in [0.25, 0.3) is 10.9 Å². The highest BCUT2D eigenvalue weighted by atomic mass is 16.4. The van der Waals surface area contributed by atoms with E-state index in [1.165, 1.54) is 6.92 Å². The minimum atomic E-state index is -1.51. The van der Waals surface area contributed by atoms with Gasteiger partial charge in [0, 0.05) is 23.5 Å². The lowest BCUT2D eigenvalue weighted by Gasteiger charge is -2.25. The predicted octanol–water partition coefficient (Wildman–Crippen LogP) is 1.10. The monoisotopic (exact) mass is 275 g/mol. The number of para-hydroxylation sites is 1. The maximum atomic E-state index is 11.4. The highest BCUT2D eigenvalue weighted by molar-refractivity contribution is 5.89. The van der Waals surface area contributed by atoms with Crippen molar-refractivity contribution in [3.63, 3.8) is 0 Å². The van der Waals surface area contributed by atoms with Crippen molar-refractivity contribution in [3.05, 3.63) is 36.0 Å². The van der Waals surface area contributed by atoms with Crippen LogP contribution in [0.3, 0.4) is 0 Å². The Labute approximate surface area is 115 Å². The molecule has 0 spiro atoms. The zero-order chi connectivity index (χ0) is 14.8. The number of amides is 1. The number of hydrogen-bond acceptors (Lipinski definition) is 2. The molecule has 0 bridgehead atoms. The van der Waals surface area contributed by atoms with Crippen molar-refractivity contribution in [1.82, 2.24) is 10.3 Å². The number of H-pyrrole nitrogens is 1. The molecule has 20 heavy (non-hydrogen) atoms. The molecular formula is C14H15N2O4. The Morgan fingerprint density at radius 2 is 2.05 bits per heavy atom. The first-order valence-electron chi connectivity index (χ1n) is 6.14. The predicted molar refractivity (Wildman–Crippen MR) is 71.7 cm³/mol. The number of carbonyl (C=O) groups is 2. The summed E-state index contributed by atoms with van der Waals surface area (Å²) in [6.45, 7) is 0.404. The van der Waals surface area contributed by atoms with Crippen LogP contribution in [-0.2, 0) is 21.1 Å². The molecule has 105 valence electrons. The van der Waals surface area contributed by atoms with Crippen molar-refractivity contribution in [3.8, 4) is 0 Å². The zero-order valence-electron chi connectivity index (χ0n) is 11.0. The fourth-order valence-corrected chi connectivity index (χ4v) is 2.18. The highest BCUT2D eigenvalue weighted by Crippen LogP contribution is 2.22. The van der Waals surface area contributed by atoms with Crippen LogP contribution in [0.5, 0.6) is 0 Å². The Bertz CT molecular complexity index is 649. The summed E-state index contributed by atoms with van der Waals surface area (Å²) in [4.78, 5) is 25.7. The Morgan fingerprint density at radius 3 is 2.70 bits per heavy atom. The van der Waals surface area contributed by atoms with Gasteiger partial charge in [0.25, 0.3) is 0 Å². The lowest BCUT2D eigenvalue weighted by Crippen LogP contribution is -2.54. The van der Waals surface area contributed by atoms with Gasteiger partial charge in [0.1, 0.15) is 5.54 Å². The molecule has 6 nitrogen and oxygen atoms in total. The van der Waals surface area contributed by atoms with E-state index >= 15 is 0 Å². The van der Waals surface area contributed by atoms with Crippen LogP contribution in [0, 0.1) is 0 Å². The normalized spacial score (nSPS) is 13.9. The molecule has 0 fully saturated rings. The molecular weight excluding hydrogens is 260 g/mol. The minimum absolute atomic E-state index is 0.0953. The molecule has 1 unspecified atom stereocenters. The van der Waals surface area contributed by atoms with Crippen LogP contribution in [0.1, 0.15) is 12.5 Å². The lowest BCUT2D eigenvalue weighted by molar-refractivity contribution is -0.147. The summed E-state index contributed by atoms with van der Waals surface area (Å²) >= 11 is 0. The van der Waals surface area contributed by atoms with Crippen LogP contribution < -0.4 is 5.32 Å². The third kappa shape index (κ3) is 2.65. The molecule has 1 heterocycles. The fraction of sp³-hybridized carbons (Fsp3) is 0.286. The van der Waals surface area contributed by atoms with Gasteiger partial charge in [0.2, 0.25) is 5.91 Å². The van der Waals surface area contributed by atoms with Gasteiger partial charge in [0.15, 0.2) is 6.61 Å². The van der Waals surface area contributed by atoms with E-state index in [0.717, 1.165) is 16.5 Å². The summed E-state index contributed by atoms with van der Waals surface area (Å²) in [5.41, 5.74) is 0.161. The Hall–Kier alpha value is -2.34. The summed E-state index contributed by atoms with van der Waals surface area (Å²) in [6, 6.07) is 7.48. The molecule has 2 rings (SSSR count). The van der Waals surface area contributed by atoms with Gasteiger partial charge in [-0.2, -0.15) is 0 Å². The summed E-state index contributed by atoms with van der Waals surface area (Å²) in [5.74, 6) is -2.00. The van der Waals surface area contributed by atoms with E-state index in [2.05, 4.69) is 10.3 Å². The van der Waals surface area contributed by atoms with Gasteiger partial charge in [-0.15, -0.1) is 0 Å². The molecule has 6 heteroatoms. The van der Waals surface area contributed by atoms with E-state index in [-0.39, 0.29) is 6.42 Å². The summed E-state index contributed by atoms with van der Waals surface area (Å²) in [6.07, 6.45) is 1.81. The van der Waals surface area contributed by atoms with Crippen molar-refractivity contribution in [2.75, 3.05) is 6.61 Å². The van der Waals surface area contributed by atoms with Crippen LogP contribution in [0.4, 0.5) is 0 Å². The van der Waals surface area contributed by atoms with Crippen molar-refractivity contribution < 1.29 is 19.8 Å². The molecule has 1 aromatic carbocycles. The molecule has 0 aliphatic carbocycles. The first-order valence-corrected chi connectivity index (χ1v) is 6.14. The van der Waals surface area contributed by atoms with Crippen molar-refractivity contribution in [1.29, 1.82) is 0 Å². The van der Waals surface area contributed by atoms with Gasteiger partial charge in [-0.05, 0) is 18.6 Å². The number of fused-ring (bicyclic) bond motifs is 1. The first-order chi connectivity index (χ1) is 9.46. The molecule has 1 atom stereocenters. The number of benzene rings is 1. The molecule has 1 amide bonds. The number of hydrogen-bond donors (Lipinski definition) is 3. The maximum absolute atomic E-state index is 11.4. The quantitative estimate of drug-likeness (QED) is 0.761. The number of aliphatic carboxylic acids is 1. The standard InChI is InChI=1S/C14H15N2O4/c1-14(13(19)20,16-12(18)8-17)6-9-7-15-11-5-3-2-4-10(9)11/h2-5,7,15H,6,8H2,1H3,(H,16,18)(H,19,20). The van der Waals surface area contributed by atoms with E-state index in [1.807, 2.05) is 24.3 Å². The van der Waals surface area contributed by atoms with Gasteiger partial charge in [-0.1, -0.05) is 18.2 Å². The van der Waals surface area contributed by atoms with Gasteiger partial charge >= 0.3 is 5.97 Å². The number of nitrogens with one attached hydrogen (secondary N) is 2. The van der Waals surface area contributed by atoms with E-state index in [0.29, 0.717) is 0 Å². The number of rotatable bonds is 5. The third-order valence-corrected chi connectivity index (χ3v) is 3.24. The summed E-state index contributed by atoms with van der Waals surface area (Å²) < 4.78 is 0. The first kappa shape index (κ1) is 14.1. The maximum Gasteiger partial charge on any atom is 0.329 e. The van der Waals surface area contributed by atoms with Gasteiger partial charge < -0.3 is 15.4 Å². The second-order valence-electron chi connectivity index (χ2n) is 4.87. The van der Waals surface area contributed by atoms with Crippen molar-refractivity contribution >= 4 is 22.8 Å². The molecule has 0 saturated carbocycles. The topological polar surface area (TPSA) is 102 Å². The van der Waals surface area contributed by atoms with Crippen molar-refractivity contribution in [2.24, 2.45) is 0 Å². The fourth-order valence-electron chi connectivity index (χ4n) is 2.18. The SMILES string of the molecule is CC(Cc1c[nH]c2ccccc12)(NC(=O)C[O])C(=O)O. The van der Waals surface area contributed by atoms with Crippen LogP contribution >= 0.6 is 0 Å². The molecule has 0 aliphatic rings. The Kier molecular flexibility index (Phi) is 3.76. The molecule has 0 saturated heterocycles. The van der Waals surface area contributed by atoms with E-state index in [4.69, 9.17) is 0 Å². The summed E-state index contributed by atoms with van der Waals surface area (Å²) in [5, 5.41) is 23.0. The van der Waals surface area contributed by atoms with Gasteiger partial charge in [0.05, 0.1) is 0 Å². The Morgan fingerprint density at radius 1 is 1.35 bits per heavy atom. The van der Waals surface area contributed by atoms with E-state index in [9.17, 15) is 19.8 Å². The van der Waals surface area contributed by atoms with Crippen LogP contribution in [0.15, 0.2) is 30.5 Å². The average Bonchev–Trinajstić information content (AvgIpc) is 2.81. The molecule has 2 aromatic rings. The number of aromatic amines is 1.